The molecule has 0 aliphatic heterocycles. The number of hydrogen-bond donors (Lipinski definition) is 3. The van der Waals surface area contributed by atoms with Crippen LogP contribution in [0.2, 0.25) is 0 Å². The first-order valence-electron chi connectivity index (χ1n) is 8.13. The maximum Gasteiger partial charge on any atom is 0.241 e. The van der Waals surface area contributed by atoms with E-state index in [9.17, 15) is 4.79 Å². The van der Waals surface area contributed by atoms with Crippen molar-refractivity contribution < 1.29 is 4.79 Å². The van der Waals surface area contributed by atoms with Crippen molar-refractivity contribution in [2.24, 2.45) is 5.73 Å². The molecule has 0 radical (unpaired) electrons. The second-order valence-electron chi connectivity index (χ2n) is 5.62. The van der Waals surface area contributed by atoms with Crippen molar-refractivity contribution in [1.29, 1.82) is 0 Å². The van der Waals surface area contributed by atoms with E-state index in [0.29, 0.717) is 6.42 Å². The summed E-state index contributed by atoms with van der Waals surface area (Å²) in [5.41, 5.74) is 8.93. The Morgan fingerprint density at radius 3 is 2.35 bits per heavy atom. The molecule has 0 aliphatic carbocycles. The summed E-state index contributed by atoms with van der Waals surface area (Å²) >= 11 is 0. The maximum atomic E-state index is 11.9. The van der Waals surface area contributed by atoms with Gasteiger partial charge in [0.1, 0.15) is 0 Å². The van der Waals surface area contributed by atoms with Crippen molar-refractivity contribution in [3.05, 3.63) is 60.2 Å². The molecule has 2 rings (SSSR count). The molecule has 122 valence electrons. The third-order valence-corrected chi connectivity index (χ3v) is 3.67. The Labute approximate surface area is 138 Å². The number of carbonyl (C=O) groups excluding carboxylic acids is 1. The largest absolute Gasteiger partial charge is 0.385 e. The smallest absolute Gasteiger partial charge is 0.241 e. The van der Waals surface area contributed by atoms with E-state index < -0.39 is 6.04 Å². The summed E-state index contributed by atoms with van der Waals surface area (Å²) < 4.78 is 0. The Hall–Kier alpha value is -2.33. The summed E-state index contributed by atoms with van der Waals surface area (Å²) in [5.74, 6) is -0.128. The van der Waals surface area contributed by atoms with E-state index in [1.54, 1.807) is 0 Å². The van der Waals surface area contributed by atoms with E-state index in [1.165, 1.54) is 5.56 Å². The van der Waals surface area contributed by atoms with E-state index in [2.05, 4.69) is 34.9 Å². The lowest BCUT2D eigenvalue weighted by molar-refractivity contribution is -0.117. The number of carbonyl (C=O) groups is 1. The fourth-order valence-corrected chi connectivity index (χ4v) is 2.34. The van der Waals surface area contributed by atoms with Gasteiger partial charge in [0.2, 0.25) is 5.91 Å². The number of hydrogen-bond acceptors (Lipinski definition) is 3. The van der Waals surface area contributed by atoms with Gasteiger partial charge in [-0.2, -0.15) is 0 Å². The molecule has 0 aromatic heterocycles. The molecule has 1 amide bonds. The zero-order valence-corrected chi connectivity index (χ0v) is 13.6. The van der Waals surface area contributed by atoms with E-state index in [1.807, 2.05) is 37.3 Å². The van der Waals surface area contributed by atoms with Gasteiger partial charge in [-0.15, -0.1) is 0 Å². The van der Waals surface area contributed by atoms with E-state index in [4.69, 9.17) is 5.73 Å². The molecular formula is C19H25N3O. The van der Waals surface area contributed by atoms with E-state index >= 15 is 0 Å². The van der Waals surface area contributed by atoms with Crippen molar-refractivity contribution >= 4 is 17.3 Å². The van der Waals surface area contributed by atoms with Crippen LogP contribution in [-0.2, 0) is 11.2 Å². The van der Waals surface area contributed by atoms with Crippen LogP contribution in [0.1, 0.15) is 25.3 Å². The SMILES string of the molecule is CCCC(N)C(=O)Nc1ccc(NCCc2ccccc2)cc1. The lowest BCUT2D eigenvalue weighted by Crippen LogP contribution is -2.35. The van der Waals surface area contributed by atoms with Crippen molar-refractivity contribution in [3.8, 4) is 0 Å². The van der Waals surface area contributed by atoms with E-state index in [0.717, 1.165) is 30.8 Å². The number of benzene rings is 2. The summed E-state index contributed by atoms with van der Waals surface area (Å²) in [7, 11) is 0. The maximum absolute atomic E-state index is 11.9. The van der Waals surface area contributed by atoms with Gasteiger partial charge in [-0.1, -0.05) is 43.7 Å². The summed E-state index contributed by atoms with van der Waals surface area (Å²) in [6.45, 7) is 2.89. The van der Waals surface area contributed by atoms with Crippen LogP contribution in [0.25, 0.3) is 0 Å². The van der Waals surface area contributed by atoms with Gasteiger partial charge >= 0.3 is 0 Å². The minimum atomic E-state index is -0.441. The molecule has 1 atom stereocenters. The molecule has 0 saturated heterocycles. The van der Waals surface area contributed by atoms with Crippen molar-refractivity contribution in [3.63, 3.8) is 0 Å². The number of rotatable bonds is 8. The highest BCUT2D eigenvalue weighted by Gasteiger charge is 2.11. The Bertz CT molecular complexity index is 596. The molecule has 2 aromatic rings. The Kier molecular flexibility index (Phi) is 6.63. The topological polar surface area (TPSA) is 67.2 Å². The summed E-state index contributed by atoms with van der Waals surface area (Å²) in [4.78, 5) is 11.9. The highest BCUT2D eigenvalue weighted by molar-refractivity contribution is 5.94. The summed E-state index contributed by atoms with van der Waals surface area (Å²) in [6.07, 6.45) is 2.58. The molecule has 0 aliphatic rings. The van der Waals surface area contributed by atoms with Crippen LogP contribution < -0.4 is 16.4 Å². The van der Waals surface area contributed by atoms with Crippen molar-refractivity contribution in [2.75, 3.05) is 17.2 Å². The minimum absolute atomic E-state index is 0.128. The Morgan fingerprint density at radius 2 is 1.70 bits per heavy atom. The number of amides is 1. The first-order valence-corrected chi connectivity index (χ1v) is 8.13. The fraction of sp³-hybridized carbons (Fsp3) is 0.316. The number of nitrogens with two attached hydrogens (primary N) is 1. The second kappa shape index (κ2) is 8.96. The molecule has 4 heteroatoms. The van der Waals surface area contributed by atoms with Crippen LogP contribution in [-0.4, -0.2) is 18.5 Å². The van der Waals surface area contributed by atoms with Gasteiger partial charge in [-0.3, -0.25) is 4.79 Å². The second-order valence-corrected chi connectivity index (χ2v) is 5.62. The first kappa shape index (κ1) is 17.0. The zero-order valence-electron chi connectivity index (χ0n) is 13.6. The van der Waals surface area contributed by atoms with E-state index in [-0.39, 0.29) is 5.91 Å². The lowest BCUT2D eigenvalue weighted by Gasteiger charge is -2.12. The molecule has 0 heterocycles. The van der Waals surface area contributed by atoms with Crippen molar-refractivity contribution in [2.45, 2.75) is 32.2 Å². The summed E-state index contributed by atoms with van der Waals surface area (Å²) in [5, 5.41) is 6.22. The molecular weight excluding hydrogens is 286 g/mol. The first-order chi connectivity index (χ1) is 11.2. The van der Waals surface area contributed by atoms with Gasteiger partial charge in [-0.25, -0.2) is 0 Å². The van der Waals surface area contributed by atoms with Crippen LogP contribution in [0.3, 0.4) is 0 Å². The molecule has 0 fully saturated rings. The van der Waals surface area contributed by atoms with Gasteiger partial charge < -0.3 is 16.4 Å². The molecule has 0 saturated carbocycles. The molecule has 0 spiro atoms. The van der Waals surface area contributed by atoms with Crippen LogP contribution >= 0.6 is 0 Å². The Morgan fingerprint density at radius 1 is 1.04 bits per heavy atom. The highest BCUT2D eigenvalue weighted by Crippen LogP contribution is 2.14. The highest BCUT2D eigenvalue weighted by atomic mass is 16.2. The molecule has 1 unspecified atom stereocenters. The summed E-state index contributed by atoms with van der Waals surface area (Å²) in [6, 6.07) is 17.6. The standard InChI is InChI=1S/C19H25N3O/c1-2-6-18(20)19(23)22-17-11-9-16(10-12-17)21-14-13-15-7-4-3-5-8-15/h3-5,7-12,18,21H,2,6,13-14,20H2,1H3,(H,22,23). The van der Waals surface area contributed by atoms with Crippen LogP contribution in [0.5, 0.6) is 0 Å². The molecule has 4 nitrogen and oxygen atoms in total. The minimum Gasteiger partial charge on any atom is -0.385 e. The Balaban J connectivity index is 1.79. The van der Waals surface area contributed by atoms with Gasteiger partial charge in [-0.05, 0) is 42.7 Å². The quantitative estimate of drug-likeness (QED) is 0.700. The number of anilines is 2. The molecule has 0 bridgehead atoms. The third-order valence-electron chi connectivity index (χ3n) is 3.67. The average molecular weight is 311 g/mol. The predicted octanol–water partition coefficient (Wildman–Crippen LogP) is 3.41. The molecule has 23 heavy (non-hydrogen) atoms. The lowest BCUT2D eigenvalue weighted by atomic mass is 10.1. The van der Waals surface area contributed by atoms with Gasteiger partial charge in [0.15, 0.2) is 0 Å². The normalized spacial score (nSPS) is 11.7. The average Bonchev–Trinajstić information content (AvgIpc) is 2.57. The van der Waals surface area contributed by atoms with Crippen LogP contribution in [0.15, 0.2) is 54.6 Å². The van der Waals surface area contributed by atoms with Crippen molar-refractivity contribution in [1.82, 2.24) is 0 Å². The predicted molar refractivity (Wildman–Crippen MR) is 96.6 cm³/mol. The number of nitrogens with one attached hydrogen (secondary N) is 2. The van der Waals surface area contributed by atoms with Gasteiger partial charge in [0, 0.05) is 17.9 Å². The molecule has 2 aromatic carbocycles. The monoisotopic (exact) mass is 311 g/mol. The third kappa shape index (κ3) is 5.75. The van der Waals surface area contributed by atoms with Crippen LogP contribution in [0.4, 0.5) is 11.4 Å². The molecule has 4 N–H and O–H groups in total. The fourth-order valence-electron chi connectivity index (χ4n) is 2.34. The zero-order chi connectivity index (χ0) is 16.5. The van der Waals surface area contributed by atoms with Gasteiger partial charge in [0.25, 0.3) is 0 Å². The van der Waals surface area contributed by atoms with Crippen LogP contribution in [0, 0.1) is 0 Å². The van der Waals surface area contributed by atoms with Gasteiger partial charge in [0.05, 0.1) is 6.04 Å².